The zero-order chi connectivity index (χ0) is 58.9. The van der Waals surface area contributed by atoms with Gasteiger partial charge in [0, 0.05) is 0 Å². The Labute approximate surface area is 535 Å². The number of benzene rings is 4. The van der Waals surface area contributed by atoms with Crippen molar-refractivity contribution in [3.8, 4) is 19.5 Å². The van der Waals surface area contributed by atoms with E-state index in [2.05, 4.69) is 224 Å². The molecule has 6 heteroatoms. The molecule has 0 spiro atoms. The van der Waals surface area contributed by atoms with Crippen LogP contribution in [0.25, 0.3) is 28.9 Å². The van der Waals surface area contributed by atoms with Gasteiger partial charge in [0.2, 0.25) is 0 Å². The van der Waals surface area contributed by atoms with Crippen molar-refractivity contribution in [1.29, 1.82) is 0 Å². The van der Waals surface area contributed by atoms with Gasteiger partial charge in [-0.15, -0.1) is 0 Å². The van der Waals surface area contributed by atoms with Crippen LogP contribution < -0.4 is 5.79 Å². The number of aryl methyl sites for hydroxylation is 4. The Bertz CT molecular complexity index is 3090. The molecule has 2 aliphatic carbocycles. The molecule has 0 fully saturated rings. The van der Waals surface area contributed by atoms with Gasteiger partial charge in [0.05, 0.1) is 0 Å². The van der Waals surface area contributed by atoms with Crippen molar-refractivity contribution in [1.82, 2.24) is 0 Å². The molecular weight excluding hydrogens is 1300 g/mol. The van der Waals surface area contributed by atoms with Crippen molar-refractivity contribution in [2.24, 2.45) is 0 Å². The van der Waals surface area contributed by atoms with Crippen LogP contribution in [0.4, 0.5) is 0 Å². The second-order valence-electron chi connectivity index (χ2n) is 26.4. The maximum absolute atomic E-state index is 2.94. The van der Waals surface area contributed by atoms with Gasteiger partial charge in [-0.1, -0.05) is 26.7 Å². The van der Waals surface area contributed by atoms with E-state index in [1.54, 1.807) is 51.2 Å². The van der Waals surface area contributed by atoms with E-state index in [4.69, 9.17) is 0 Å². The van der Waals surface area contributed by atoms with Crippen molar-refractivity contribution in [2.75, 3.05) is 0 Å². The summed E-state index contributed by atoms with van der Waals surface area (Å²) in [4.78, 5) is 6.39. The average Bonchev–Trinajstić information content (AvgIpc) is 1.52. The van der Waals surface area contributed by atoms with Gasteiger partial charge in [0.25, 0.3) is 0 Å². The average molecular weight is 1410 g/mol. The molecule has 0 saturated heterocycles. The summed E-state index contributed by atoms with van der Waals surface area (Å²) in [6.45, 7) is 24.0. The fourth-order valence-electron chi connectivity index (χ4n) is 15.5. The van der Waals surface area contributed by atoms with Crippen LogP contribution in [-0.4, -0.2) is 36.8 Å². The van der Waals surface area contributed by atoms with Crippen LogP contribution in [0.15, 0.2) is 109 Å². The minimum absolute atomic E-state index is 0.427. The SMILES string of the molecule is CCCCCCc1ccc(C2(c3ccc(C)cc3)c3c[c]([Sn]([CH2]CCC)([CH2]CCC)[CH2]CCC)sc3-c3sc4c5c(sc4c32)-c2s[c]([Sn]([CH2]CCC)([CH2]CCC)[CH2]CCC)cc2C5(c2ccc(C)cc2)c2ccc(CCCCCC)cc2)cc1. The Morgan fingerprint density at radius 1 is 0.310 bits per heavy atom. The van der Waals surface area contributed by atoms with Crippen LogP contribution in [0.3, 0.4) is 0 Å². The Balaban J connectivity index is 1.32. The third-order valence-electron chi connectivity index (χ3n) is 20.4. The van der Waals surface area contributed by atoms with Gasteiger partial charge < -0.3 is 0 Å². The summed E-state index contributed by atoms with van der Waals surface area (Å²) < 4.78 is 15.9. The summed E-state index contributed by atoms with van der Waals surface area (Å²) in [5.74, 6) is 0. The molecule has 2 aliphatic rings. The number of unbranched alkanes of at least 4 members (excludes halogenated alkanes) is 12. The number of hydrogen-bond acceptors (Lipinski definition) is 4. The van der Waals surface area contributed by atoms with Gasteiger partial charge in [-0.3, -0.25) is 0 Å². The quantitative estimate of drug-likeness (QED) is 0.0279. The van der Waals surface area contributed by atoms with E-state index < -0.39 is 47.6 Å². The topological polar surface area (TPSA) is 0 Å². The number of rotatable bonds is 34. The Morgan fingerprint density at radius 2 is 0.595 bits per heavy atom. The molecular formula is C78H104S4Sn2. The summed E-state index contributed by atoms with van der Waals surface area (Å²) in [6.07, 6.45) is 28.8. The monoisotopic (exact) mass is 1410 g/mol. The first-order chi connectivity index (χ1) is 41.1. The molecule has 0 bridgehead atoms. The first-order valence-corrected chi connectivity index (χ1v) is 52.5. The van der Waals surface area contributed by atoms with Crippen molar-refractivity contribution in [3.05, 3.63) is 176 Å². The zero-order valence-corrected chi connectivity index (χ0v) is 62.8. The molecule has 448 valence electrons. The van der Waals surface area contributed by atoms with Gasteiger partial charge in [-0.25, -0.2) is 0 Å². The summed E-state index contributed by atoms with van der Waals surface area (Å²) >= 11 is 3.23. The van der Waals surface area contributed by atoms with Crippen molar-refractivity contribution in [2.45, 2.75) is 248 Å². The molecule has 84 heavy (non-hydrogen) atoms. The van der Waals surface area contributed by atoms with E-state index in [0.29, 0.717) is 0 Å². The van der Waals surface area contributed by atoms with E-state index in [0.717, 1.165) is 12.8 Å². The maximum atomic E-state index is 2.94. The third kappa shape index (κ3) is 12.3. The van der Waals surface area contributed by atoms with Crippen molar-refractivity contribution >= 4 is 97.3 Å². The van der Waals surface area contributed by atoms with Crippen molar-refractivity contribution < 1.29 is 0 Å². The van der Waals surface area contributed by atoms with Crippen LogP contribution >= 0.6 is 45.3 Å². The first-order valence-electron chi connectivity index (χ1n) is 34.3. The molecule has 0 aliphatic heterocycles. The van der Waals surface area contributed by atoms with E-state index in [9.17, 15) is 0 Å². The Morgan fingerprint density at radius 3 is 0.881 bits per heavy atom. The van der Waals surface area contributed by atoms with E-state index in [1.807, 2.05) is 5.79 Å². The van der Waals surface area contributed by atoms with Crippen LogP contribution in [-0.2, 0) is 23.7 Å². The third-order valence-corrected chi connectivity index (χ3v) is 62.0. The number of fused-ring (bicyclic) bond motifs is 9. The summed E-state index contributed by atoms with van der Waals surface area (Å²) in [5.41, 5.74) is 17.1. The Kier molecular flexibility index (Phi) is 22.6. The predicted octanol–water partition coefficient (Wildman–Crippen LogP) is 24.8. The van der Waals surface area contributed by atoms with Crippen LogP contribution in [0.5, 0.6) is 0 Å². The predicted molar refractivity (Wildman–Crippen MR) is 384 cm³/mol. The van der Waals surface area contributed by atoms with Crippen molar-refractivity contribution in [3.63, 3.8) is 0 Å². The standard InChI is InChI=1S/C54H50S4.6C4H9.2Sn/c1-5-7-9-11-13-37-19-27-41(28-20-37)53(39-23-15-35(3)16-24-39)43-31-33-55-47(43)49-45(53)51-52(57-49)46-50(58-51)48-44(32-34-56-48)54(46,40-25-17-36(4)18-26-40)42-29-21-38(22-30-42)14-12-10-8-6-2;6*1-3-4-2;;/h15-32H,5-14H2,1-4H3;6*1,3-4H2,2H3;;. The Hall–Kier alpha value is -2.46. The molecule has 8 aromatic rings. The van der Waals surface area contributed by atoms with Gasteiger partial charge in [0.1, 0.15) is 0 Å². The normalized spacial score (nSPS) is 16.5. The zero-order valence-electron chi connectivity index (χ0n) is 53.8. The summed E-state index contributed by atoms with van der Waals surface area (Å²) in [6, 6.07) is 46.6. The second kappa shape index (κ2) is 29.4. The first kappa shape index (κ1) is 64.5. The van der Waals surface area contributed by atoms with E-state index in [-0.39, 0.29) is 0 Å². The van der Waals surface area contributed by atoms with Crippen LogP contribution in [0, 0.1) is 13.8 Å². The van der Waals surface area contributed by atoms with Crippen LogP contribution in [0.2, 0.25) is 26.6 Å². The molecule has 2 atom stereocenters. The minimum atomic E-state index is -2.93. The fraction of sp³-hybridized carbons (Fsp3) is 0.513. The molecule has 0 amide bonds. The van der Waals surface area contributed by atoms with Gasteiger partial charge in [-0.2, -0.15) is 0 Å². The summed E-state index contributed by atoms with van der Waals surface area (Å²) in [5, 5.41) is 0. The number of hydrogen-bond donors (Lipinski definition) is 0. The molecule has 10 rings (SSSR count). The second-order valence-corrected chi connectivity index (χ2v) is 58.9. The summed E-state index contributed by atoms with van der Waals surface area (Å²) in [7, 11) is 0. The molecule has 0 N–H and O–H groups in total. The molecule has 4 heterocycles. The van der Waals surface area contributed by atoms with E-state index >= 15 is 0 Å². The van der Waals surface area contributed by atoms with Gasteiger partial charge in [0.15, 0.2) is 0 Å². The molecule has 0 radical (unpaired) electrons. The van der Waals surface area contributed by atoms with Crippen LogP contribution in [0.1, 0.15) is 251 Å². The van der Waals surface area contributed by atoms with Gasteiger partial charge in [-0.05, 0) is 0 Å². The molecule has 0 nitrogen and oxygen atoms in total. The fourth-order valence-corrected chi connectivity index (χ4v) is 59.5. The van der Waals surface area contributed by atoms with E-state index in [1.165, 1.54) is 200 Å². The molecule has 0 saturated carbocycles. The molecule has 4 aromatic heterocycles. The number of thiophene rings is 4. The van der Waals surface area contributed by atoms with Gasteiger partial charge >= 0.3 is 514 Å². The molecule has 4 aromatic carbocycles. The molecule has 2 unspecified atom stereocenters.